The topological polar surface area (TPSA) is 58.5 Å². The normalized spacial score (nSPS) is 10.7. The first-order valence-corrected chi connectivity index (χ1v) is 2.43. The van der Waals surface area contributed by atoms with Crippen molar-refractivity contribution in [2.75, 3.05) is 0 Å². The van der Waals surface area contributed by atoms with E-state index in [1.807, 2.05) is 5.43 Å². The minimum atomic E-state index is -0.149. The molecule has 4 nitrogen and oxygen atoms in total. The second-order valence-corrected chi connectivity index (χ2v) is 1.50. The molecule has 0 bridgehead atoms. The average Bonchev–Trinajstić information content (AvgIpc) is 1.82. The first kappa shape index (κ1) is 7.81. The van der Waals surface area contributed by atoms with Crippen molar-refractivity contribution in [3.63, 3.8) is 0 Å². The number of nitrogens with zero attached hydrogens (tertiary/aromatic N) is 1. The molecular formula is C5H8N2O2. The standard InChI is InChI=1S/C5H8N2O2/c1-4(5(2)9)7-6-3-8/h3H,1-2H3,(H,6,8). The van der Waals surface area contributed by atoms with E-state index in [1.165, 1.54) is 13.8 Å². The van der Waals surface area contributed by atoms with Crippen LogP contribution in [0.1, 0.15) is 13.8 Å². The molecular weight excluding hydrogens is 120 g/mol. The van der Waals surface area contributed by atoms with Crippen LogP contribution in [0.5, 0.6) is 0 Å². The highest BCUT2D eigenvalue weighted by Gasteiger charge is 1.94. The number of ketones is 1. The fourth-order valence-electron chi connectivity index (χ4n) is 0.202. The Bertz CT molecular complexity index is 151. The number of Topliss-reactive ketones (excluding diaryl/α,β-unsaturated/α-hetero) is 1. The van der Waals surface area contributed by atoms with E-state index in [1.54, 1.807) is 0 Å². The van der Waals surface area contributed by atoms with Crippen molar-refractivity contribution in [1.82, 2.24) is 5.43 Å². The molecule has 0 aromatic carbocycles. The number of carbonyl (C=O) groups is 2. The van der Waals surface area contributed by atoms with Gasteiger partial charge in [-0.05, 0) is 6.92 Å². The molecule has 0 heterocycles. The van der Waals surface area contributed by atoms with Crippen molar-refractivity contribution >= 4 is 17.9 Å². The van der Waals surface area contributed by atoms with Gasteiger partial charge < -0.3 is 0 Å². The van der Waals surface area contributed by atoms with Crippen LogP contribution in [-0.2, 0) is 9.59 Å². The van der Waals surface area contributed by atoms with Crippen molar-refractivity contribution in [2.24, 2.45) is 5.10 Å². The van der Waals surface area contributed by atoms with Gasteiger partial charge in [-0.15, -0.1) is 0 Å². The van der Waals surface area contributed by atoms with Gasteiger partial charge in [0.2, 0.25) is 6.41 Å². The summed E-state index contributed by atoms with van der Waals surface area (Å²) in [4.78, 5) is 20.0. The first-order valence-electron chi connectivity index (χ1n) is 2.43. The highest BCUT2D eigenvalue weighted by atomic mass is 16.1. The van der Waals surface area contributed by atoms with Crippen LogP contribution in [-0.4, -0.2) is 17.9 Å². The lowest BCUT2D eigenvalue weighted by molar-refractivity contribution is -0.111. The van der Waals surface area contributed by atoms with Crippen molar-refractivity contribution in [3.05, 3.63) is 0 Å². The molecule has 1 amide bonds. The maximum Gasteiger partial charge on any atom is 0.227 e. The first-order chi connectivity index (χ1) is 4.18. The Balaban J connectivity index is 3.83. The fraction of sp³-hybridized carbons (Fsp3) is 0.400. The fourth-order valence-corrected chi connectivity index (χ4v) is 0.202. The van der Waals surface area contributed by atoms with Gasteiger partial charge >= 0.3 is 0 Å². The molecule has 0 saturated carbocycles. The molecule has 9 heavy (non-hydrogen) atoms. The minimum Gasteiger partial charge on any atom is -0.293 e. The monoisotopic (exact) mass is 128 g/mol. The van der Waals surface area contributed by atoms with Crippen LogP contribution in [0.3, 0.4) is 0 Å². The molecule has 0 spiro atoms. The Morgan fingerprint density at radius 3 is 2.44 bits per heavy atom. The van der Waals surface area contributed by atoms with E-state index in [0.717, 1.165) is 0 Å². The predicted octanol–water partition coefficient (Wildman–Crippen LogP) is -0.303. The van der Waals surface area contributed by atoms with Crippen molar-refractivity contribution in [1.29, 1.82) is 0 Å². The van der Waals surface area contributed by atoms with Gasteiger partial charge in [-0.1, -0.05) is 0 Å². The summed E-state index contributed by atoms with van der Waals surface area (Å²) in [5, 5.41) is 3.39. The number of hydrazone groups is 1. The highest BCUT2D eigenvalue weighted by molar-refractivity contribution is 6.37. The summed E-state index contributed by atoms with van der Waals surface area (Å²) in [7, 11) is 0. The van der Waals surface area contributed by atoms with E-state index < -0.39 is 0 Å². The number of rotatable bonds is 3. The quantitative estimate of drug-likeness (QED) is 0.322. The summed E-state index contributed by atoms with van der Waals surface area (Å²) in [5.74, 6) is -0.149. The molecule has 0 fully saturated rings. The molecule has 0 aliphatic carbocycles. The van der Waals surface area contributed by atoms with Crippen LogP contribution in [0.15, 0.2) is 5.10 Å². The van der Waals surface area contributed by atoms with Gasteiger partial charge in [0.1, 0.15) is 5.71 Å². The van der Waals surface area contributed by atoms with Gasteiger partial charge in [0, 0.05) is 6.92 Å². The third-order valence-corrected chi connectivity index (χ3v) is 0.794. The number of amides is 1. The zero-order valence-electron chi connectivity index (χ0n) is 5.34. The van der Waals surface area contributed by atoms with Crippen molar-refractivity contribution in [2.45, 2.75) is 13.8 Å². The summed E-state index contributed by atoms with van der Waals surface area (Å²) >= 11 is 0. The summed E-state index contributed by atoms with van der Waals surface area (Å²) in [6.07, 6.45) is 0.409. The Kier molecular flexibility index (Phi) is 3.27. The number of hydrogen-bond donors (Lipinski definition) is 1. The lowest BCUT2D eigenvalue weighted by Gasteiger charge is -1.89. The van der Waals surface area contributed by atoms with Crippen LogP contribution < -0.4 is 5.43 Å². The van der Waals surface area contributed by atoms with Gasteiger partial charge in [-0.3, -0.25) is 9.59 Å². The van der Waals surface area contributed by atoms with E-state index in [2.05, 4.69) is 5.10 Å². The maximum atomic E-state index is 10.4. The largest absolute Gasteiger partial charge is 0.293 e. The predicted molar refractivity (Wildman–Crippen MR) is 33.0 cm³/mol. The second-order valence-electron chi connectivity index (χ2n) is 1.50. The van der Waals surface area contributed by atoms with Gasteiger partial charge in [0.15, 0.2) is 5.78 Å². The minimum absolute atomic E-state index is 0.149. The molecule has 4 heteroatoms. The average molecular weight is 128 g/mol. The molecule has 1 N–H and O–H groups in total. The van der Waals surface area contributed by atoms with Gasteiger partial charge in [0.05, 0.1) is 0 Å². The van der Waals surface area contributed by atoms with Crippen LogP contribution in [0.25, 0.3) is 0 Å². The Hall–Kier alpha value is -1.19. The van der Waals surface area contributed by atoms with Gasteiger partial charge in [-0.2, -0.15) is 5.10 Å². The lowest BCUT2D eigenvalue weighted by atomic mass is 10.3. The molecule has 0 aromatic heterocycles. The van der Waals surface area contributed by atoms with E-state index in [9.17, 15) is 9.59 Å². The van der Waals surface area contributed by atoms with E-state index >= 15 is 0 Å². The maximum absolute atomic E-state index is 10.4. The molecule has 0 aliphatic heterocycles. The zero-order valence-corrected chi connectivity index (χ0v) is 5.34. The molecule has 0 rings (SSSR count). The van der Waals surface area contributed by atoms with Crippen LogP contribution in [0.2, 0.25) is 0 Å². The summed E-state index contributed by atoms with van der Waals surface area (Å²) in [6, 6.07) is 0. The number of carbonyl (C=O) groups excluding carboxylic acids is 2. The van der Waals surface area contributed by atoms with Gasteiger partial charge in [0.25, 0.3) is 0 Å². The lowest BCUT2D eigenvalue weighted by Crippen LogP contribution is -2.11. The molecule has 0 atom stereocenters. The smallest absolute Gasteiger partial charge is 0.227 e. The third kappa shape index (κ3) is 3.40. The molecule has 0 radical (unpaired) electrons. The van der Waals surface area contributed by atoms with Crippen LogP contribution >= 0.6 is 0 Å². The molecule has 0 unspecified atom stereocenters. The van der Waals surface area contributed by atoms with Crippen LogP contribution in [0.4, 0.5) is 0 Å². The summed E-state index contributed by atoms with van der Waals surface area (Å²) in [6.45, 7) is 2.91. The Morgan fingerprint density at radius 2 is 2.11 bits per heavy atom. The van der Waals surface area contributed by atoms with E-state index in [-0.39, 0.29) is 5.78 Å². The van der Waals surface area contributed by atoms with E-state index in [4.69, 9.17) is 0 Å². The molecule has 0 saturated heterocycles. The van der Waals surface area contributed by atoms with Gasteiger partial charge in [-0.25, -0.2) is 5.43 Å². The zero-order chi connectivity index (χ0) is 7.28. The number of hydrogen-bond acceptors (Lipinski definition) is 3. The molecule has 50 valence electrons. The molecule has 0 aromatic rings. The van der Waals surface area contributed by atoms with Crippen LogP contribution in [0, 0.1) is 0 Å². The molecule has 0 aliphatic rings. The Morgan fingerprint density at radius 1 is 1.56 bits per heavy atom. The number of nitrogens with one attached hydrogen (secondary N) is 1. The third-order valence-electron chi connectivity index (χ3n) is 0.794. The summed E-state index contributed by atoms with van der Waals surface area (Å²) in [5.41, 5.74) is 2.31. The summed E-state index contributed by atoms with van der Waals surface area (Å²) < 4.78 is 0. The SMILES string of the molecule is CC(=O)C(C)=NNC=O. The Labute approximate surface area is 52.9 Å². The second kappa shape index (κ2) is 3.77. The van der Waals surface area contributed by atoms with Crippen molar-refractivity contribution in [3.8, 4) is 0 Å². The van der Waals surface area contributed by atoms with Crippen molar-refractivity contribution < 1.29 is 9.59 Å². The van der Waals surface area contributed by atoms with E-state index in [0.29, 0.717) is 12.1 Å². The highest BCUT2D eigenvalue weighted by Crippen LogP contribution is 1.74.